The standard InChI is InChI=1S/C12H11ClO4S6/c1-16-7(14)5-6(8(15)17-2)21-11(20-5)12-22-9(18-3)10(23-12)19-4-13/h4H2,1-3H3. The van der Waals surface area contributed by atoms with Crippen molar-refractivity contribution >= 4 is 94.1 Å². The smallest absolute Gasteiger partial charge is 0.346 e. The molecule has 0 radical (unpaired) electrons. The SMILES string of the molecule is COC(=O)C1=C(C(=O)OC)SC(=C2SC(SC)=C(SCCl)S2)S1. The molecule has 0 aromatic carbocycles. The summed E-state index contributed by atoms with van der Waals surface area (Å²) in [6, 6.07) is 0. The Bertz CT molecular complexity index is 597. The molecule has 0 aromatic heterocycles. The van der Waals surface area contributed by atoms with Gasteiger partial charge in [0.15, 0.2) is 0 Å². The first-order chi connectivity index (χ1) is 11.0. The van der Waals surface area contributed by atoms with E-state index in [1.165, 1.54) is 42.0 Å². The molecule has 0 unspecified atom stereocenters. The number of halogens is 1. The van der Waals surface area contributed by atoms with Gasteiger partial charge in [-0.25, -0.2) is 9.59 Å². The molecule has 0 saturated carbocycles. The van der Waals surface area contributed by atoms with Crippen LogP contribution in [0.1, 0.15) is 0 Å². The summed E-state index contributed by atoms with van der Waals surface area (Å²) in [5.74, 6) is -1.06. The monoisotopic (exact) mass is 446 g/mol. The van der Waals surface area contributed by atoms with Crippen LogP contribution in [0.25, 0.3) is 0 Å². The first-order valence-corrected chi connectivity index (χ1v) is 11.9. The number of methoxy groups -OCH3 is 2. The molecule has 0 atom stereocenters. The fourth-order valence-corrected chi connectivity index (χ4v) is 9.75. The third kappa shape index (κ3) is 4.59. The van der Waals surface area contributed by atoms with E-state index in [0.29, 0.717) is 5.21 Å². The van der Waals surface area contributed by atoms with E-state index in [9.17, 15) is 9.59 Å². The molecule has 11 heteroatoms. The first-order valence-electron chi connectivity index (χ1n) is 5.89. The van der Waals surface area contributed by atoms with Gasteiger partial charge in [0.1, 0.15) is 9.81 Å². The number of esters is 2. The van der Waals surface area contributed by atoms with Crippen LogP contribution in [0.2, 0.25) is 0 Å². The molecule has 0 saturated heterocycles. The molecule has 2 heterocycles. The molecule has 2 rings (SSSR count). The van der Waals surface area contributed by atoms with Crippen molar-refractivity contribution in [2.45, 2.75) is 0 Å². The van der Waals surface area contributed by atoms with Gasteiger partial charge >= 0.3 is 11.9 Å². The average Bonchev–Trinajstić information content (AvgIpc) is 3.17. The Morgan fingerprint density at radius 1 is 0.957 bits per heavy atom. The molecule has 0 aromatic rings. The highest BCUT2D eigenvalue weighted by atomic mass is 35.5. The highest BCUT2D eigenvalue weighted by Crippen LogP contribution is 2.63. The number of hydrogen-bond donors (Lipinski definition) is 0. The van der Waals surface area contributed by atoms with Gasteiger partial charge in [0.2, 0.25) is 0 Å². The molecule has 0 aliphatic carbocycles. The molecular weight excluding hydrogens is 436 g/mol. The molecular formula is C12H11ClO4S6. The fourth-order valence-electron chi connectivity index (χ4n) is 1.46. The van der Waals surface area contributed by atoms with Gasteiger partial charge in [-0.15, -0.1) is 35.1 Å². The molecule has 126 valence electrons. The van der Waals surface area contributed by atoms with Crippen LogP contribution < -0.4 is 0 Å². The summed E-state index contributed by atoms with van der Waals surface area (Å²) in [6.45, 7) is 0. The van der Waals surface area contributed by atoms with E-state index in [1.807, 2.05) is 6.26 Å². The van der Waals surface area contributed by atoms with E-state index < -0.39 is 11.9 Å². The zero-order chi connectivity index (χ0) is 17.0. The lowest BCUT2D eigenvalue weighted by Crippen LogP contribution is -2.08. The maximum Gasteiger partial charge on any atom is 0.346 e. The normalized spacial score (nSPS) is 18.1. The van der Waals surface area contributed by atoms with E-state index in [-0.39, 0.29) is 9.81 Å². The minimum Gasteiger partial charge on any atom is -0.465 e. The van der Waals surface area contributed by atoms with Gasteiger partial charge in [-0.1, -0.05) is 47.0 Å². The Labute approximate surface area is 164 Å². The third-order valence-electron chi connectivity index (χ3n) is 2.41. The zero-order valence-electron chi connectivity index (χ0n) is 12.2. The van der Waals surface area contributed by atoms with Crippen LogP contribution in [0, 0.1) is 0 Å². The van der Waals surface area contributed by atoms with E-state index in [4.69, 9.17) is 21.1 Å². The maximum absolute atomic E-state index is 11.9. The first kappa shape index (κ1) is 19.9. The highest BCUT2D eigenvalue weighted by molar-refractivity contribution is 8.42. The quantitative estimate of drug-likeness (QED) is 0.423. The van der Waals surface area contributed by atoms with Crippen LogP contribution in [-0.4, -0.2) is 37.6 Å². The Kier molecular flexibility index (Phi) is 8.04. The second-order valence-electron chi connectivity index (χ2n) is 3.66. The zero-order valence-corrected chi connectivity index (χ0v) is 17.8. The summed E-state index contributed by atoms with van der Waals surface area (Å²) >= 11 is 14.8. The molecule has 0 N–H and O–H groups in total. The molecule has 4 nitrogen and oxygen atoms in total. The lowest BCUT2D eigenvalue weighted by molar-refractivity contribution is -0.138. The van der Waals surface area contributed by atoms with Crippen molar-refractivity contribution < 1.29 is 19.1 Å². The number of carbonyl (C=O) groups is 2. The number of hydrogen-bond acceptors (Lipinski definition) is 10. The summed E-state index contributed by atoms with van der Waals surface area (Å²) in [6.07, 6.45) is 2.01. The van der Waals surface area contributed by atoms with Crippen molar-refractivity contribution in [3.8, 4) is 0 Å². The second-order valence-corrected chi connectivity index (χ2v) is 11.2. The Hall–Kier alpha value is 0.550. The summed E-state index contributed by atoms with van der Waals surface area (Å²) in [5.41, 5.74) is 0. The van der Waals surface area contributed by atoms with Crippen molar-refractivity contribution in [1.29, 1.82) is 0 Å². The summed E-state index contributed by atoms with van der Waals surface area (Å²) in [7, 11) is 2.59. The summed E-state index contributed by atoms with van der Waals surface area (Å²) < 4.78 is 13.8. The molecule has 0 amide bonds. The van der Waals surface area contributed by atoms with Crippen LogP contribution in [0.3, 0.4) is 0 Å². The fraction of sp³-hybridized carbons (Fsp3) is 0.333. The van der Waals surface area contributed by atoms with Crippen LogP contribution >= 0.6 is 82.2 Å². The highest BCUT2D eigenvalue weighted by Gasteiger charge is 2.36. The van der Waals surface area contributed by atoms with Gasteiger partial charge in [-0.05, 0) is 6.26 Å². The summed E-state index contributed by atoms with van der Waals surface area (Å²) in [4.78, 5) is 24.3. The van der Waals surface area contributed by atoms with Gasteiger partial charge in [0.05, 0.1) is 36.4 Å². The van der Waals surface area contributed by atoms with Gasteiger partial charge in [0.25, 0.3) is 0 Å². The summed E-state index contributed by atoms with van der Waals surface area (Å²) in [5, 5.41) is 0.481. The van der Waals surface area contributed by atoms with E-state index in [0.717, 1.165) is 12.7 Å². The molecule has 0 bridgehead atoms. The van der Waals surface area contributed by atoms with Gasteiger partial charge < -0.3 is 9.47 Å². The minimum absolute atomic E-state index is 0.275. The Morgan fingerprint density at radius 3 is 1.87 bits per heavy atom. The Balaban J connectivity index is 2.25. The number of ether oxygens (including phenoxy) is 2. The largest absolute Gasteiger partial charge is 0.465 e. The number of rotatable bonds is 5. The second kappa shape index (κ2) is 9.30. The van der Waals surface area contributed by atoms with Gasteiger partial charge in [0, 0.05) is 0 Å². The van der Waals surface area contributed by atoms with Gasteiger partial charge in [-0.3, -0.25) is 0 Å². The molecule has 2 aliphatic heterocycles. The topological polar surface area (TPSA) is 52.6 Å². The lowest BCUT2D eigenvalue weighted by atomic mass is 10.5. The lowest BCUT2D eigenvalue weighted by Gasteiger charge is -2.02. The van der Waals surface area contributed by atoms with Crippen LogP contribution in [0.5, 0.6) is 0 Å². The van der Waals surface area contributed by atoms with Crippen LogP contribution in [0.4, 0.5) is 0 Å². The molecule has 0 fully saturated rings. The van der Waals surface area contributed by atoms with Crippen LogP contribution in [0.15, 0.2) is 26.8 Å². The molecule has 23 heavy (non-hydrogen) atoms. The number of carbonyl (C=O) groups excluding carboxylic acids is 2. The van der Waals surface area contributed by atoms with Crippen molar-refractivity contribution in [3.05, 3.63) is 26.8 Å². The van der Waals surface area contributed by atoms with Crippen LogP contribution in [-0.2, 0) is 19.1 Å². The van der Waals surface area contributed by atoms with Gasteiger partial charge in [-0.2, -0.15) is 0 Å². The molecule has 0 spiro atoms. The molecule has 2 aliphatic rings. The third-order valence-corrected chi connectivity index (χ3v) is 10.9. The van der Waals surface area contributed by atoms with E-state index in [2.05, 4.69) is 0 Å². The van der Waals surface area contributed by atoms with Crippen molar-refractivity contribution in [1.82, 2.24) is 0 Å². The predicted octanol–water partition coefficient (Wildman–Crippen LogP) is 5.05. The average molecular weight is 447 g/mol. The van der Waals surface area contributed by atoms with Crippen molar-refractivity contribution in [3.63, 3.8) is 0 Å². The van der Waals surface area contributed by atoms with E-state index >= 15 is 0 Å². The van der Waals surface area contributed by atoms with Crippen molar-refractivity contribution in [2.24, 2.45) is 0 Å². The minimum atomic E-state index is -0.528. The number of thioether (sulfide) groups is 6. The number of alkyl halides is 1. The van der Waals surface area contributed by atoms with Crippen molar-refractivity contribution in [2.75, 3.05) is 25.7 Å². The van der Waals surface area contributed by atoms with E-state index in [1.54, 1.807) is 47.0 Å². The Morgan fingerprint density at radius 2 is 1.43 bits per heavy atom. The predicted molar refractivity (Wildman–Crippen MR) is 107 cm³/mol. The maximum atomic E-state index is 11.9.